The number of hydrogen-bond acceptors (Lipinski definition) is 1. The van der Waals surface area contributed by atoms with Crippen LogP contribution in [0, 0.1) is 0 Å². The van der Waals surface area contributed by atoms with E-state index in [2.05, 4.69) is 12.2 Å². The quantitative estimate of drug-likeness (QED) is 0.637. The Bertz CT molecular complexity index is 64.1. The van der Waals surface area contributed by atoms with Crippen molar-refractivity contribution in [2.45, 2.75) is 13.3 Å². The van der Waals surface area contributed by atoms with Crippen molar-refractivity contribution in [3.63, 3.8) is 0 Å². The number of hydrogen-bond donors (Lipinski definition) is 1. The minimum absolute atomic E-state index is 0. The first kappa shape index (κ1) is 12.0. The number of nitrogens with one attached hydrogen (secondary N) is 1. The Labute approximate surface area is 67.9 Å². The lowest BCUT2D eigenvalue weighted by molar-refractivity contribution is 0.729. The van der Waals surface area contributed by atoms with E-state index in [1.54, 1.807) is 0 Å². The molecule has 0 spiro atoms. The second-order valence-corrected chi connectivity index (χ2v) is 1.82. The third-order valence-corrected chi connectivity index (χ3v) is 0.956. The first-order valence-corrected chi connectivity index (χ1v) is 3.31. The summed E-state index contributed by atoms with van der Waals surface area (Å²) in [7, 11) is 0. The fraction of sp³-hybridized carbons (Fsp3) is 0.667. The highest BCUT2D eigenvalue weighted by Crippen LogP contribution is 1.75. The molecule has 0 rings (SSSR count). The second kappa shape index (κ2) is 11.1. The van der Waals surface area contributed by atoms with Crippen LogP contribution in [-0.4, -0.2) is 13.1 Å². The molecule has 0 aliphatic rings. The van der Waals surface area contributed by atoms with Gasteiger partial charge in [-0.1, -0.05) is 24.6 Å². The summed E-state index contributed by atoms with van der Waals surface area (Å²) in [6, 6.07) is 0. The molecule has 1 N–H and O–H groups in total. The lowest BCUT2D eigenvalue weighted by Gasteiger charge is -1.93. The smallest absolute Gasteiger partial charge is 0.0146 e. The summed E-state index contributed by atoms with van der Waals surface area (Å²) in [5.41, 5.74) is 1.53. The van der Waals surface area contributed by atoms with Crippen molar-refractivity contribution in [1.82, 2.24) is 5.32 Å². The molecule has 0 saturated carbocycles. The van der Waals surface area contributed by atoms with E-state index in [-0.39, 0.29) is 12.4 Å². The molecule has 0 unspecified atom stereocenters. The summed E-state index contributed by atoms with van der Waals surface area (Å²) in [4.78, 5) is 0. The molecule has 0 radical (unpaired) electrons. The summed E-state index contributed by atoms with van der Waals surface area (Å²) >= 11 is 5.26. The average molecular weight is 170 g/mol. The maximum Gasteiger partial charge on any atom is 0.0146 e. The summed E-state index contributed by atoms with van der Waals surface area (Å²) in [5.74, 6) is 0. The van der Waals surface area contributed by atoms with E-state index in [0.29, 0.717) is 0 Å². The van der Waals surface area contributed by atoms with Crippen molar-refractivity contribution in [3.05, 3.63) is 11.6 Å². The van der Waals surface area contributed by atoms with E-state index in [1.165, 1.54) is 12.0 Å². The van der Waals surface area contributed by atoms with Gasteiger partial charge >= 0.3 is 0 Å². The molecule has 0 bridgehead atoms. The molecule has 0 aliphatic carbocycles. The molecule has 56 valence electrons. The van der Waals surface area contributed by atoms with Crippen LogP contribution in [0.5, 0.6) is 0 Å². The average Bonchev–Trinajstić information content (AvgIpc) is 1.81. The Kier molecular flexibility index (Phi) is 14.8. The zero-order chi connectivity index (χ0) is 6.24. The maximum atomic E-state index is 5.26. The molecule has 0 aliphatic heterocycles. The van der Waals surface area contributed by atoms with Gasteiger partial charge in [0.05, 0.1) is 0 Å². The van der Waals surface area contributed by atoms with Crippen molar-refractivity contribution in [2.24, 2.45) is 0 Å². The van der Waals surface area contributed by atoms with E-state index in [9.17, 15) is 0 Å². The SMILES string of the molecule is CCCNC/C=C/Cl.Cl. The molecule has 0 aromatic heterocycles. The Hall–Kier alpha value is 0.280. The lowest BCUT2D eigenvalue weighted by Crippen LogP contribution is -2.13. The topological polar surface area (TPSA) is 12.0 Å². The minimum atomic E-state index is 0. The zero-order valence-corrected chi connectivity index (χ0v) is 7.13. The molecule has 1 nitrogen and oxygen atoms in total. The van der Waals surface area contributed by atoms with Crippen LogP contribution in [0.15, 0.2) is 11.6 Å². The van der Waals surface area contributed by atoms with Crippen molar-refractivity contribution >= 4 is 24.0 Å². The third-order valence-electron chi connectivity index (χ3n) is 0.778. The zero-order valence-electron chi connectivity index (χ0n) is 5.56. The summed E-state index contributed by atoms with van der Waals surface area (Å²) < 4.78 is 0. The Morgan fingerprint density at radius 3 is 2.67 bits per heavy atom. The minimum Gasteiger partial charge on any atom is -0.313 e. The van der Waals surface area contributed by atoms with Gasteiger partial charge in [-0.15, -0.1) is 12.4 Å². The van der Waals surface area contributed by atoms with Crippen LogP contribution in [0.4, 0.5) is 0 Å². The molecule has 0 aromatic carbocycles. The second-order valence-electron chi connectivity index (χ2n) is 1.57. The Morgan fingerprint density at radius 2 is 2.22 bits per heavy atom. The lowest BCUT2D eigenvalue weighted by atomic mass is 10.5. The van der Waals surface area contributed by atoms with Crippen LogP contribution in [0.25, 0.3) is 0 Å². The van der Waals surface area contributed by atoms with Crippen LogP contribution >= 0.6 is 24.0 Å². The molecule has 3 heteroatoms. The van der Waals surface area contributed by atoms with Gasteiger partial charge in [0.2, 0.25) is 0 Å². The van der Waals surface area contributed by atoms with Crippen molar-refractivity contribution in [1.29, 1.82) is 0 Å². The van der Waals surface area contributed by atoms with Crippen LogP contribution in [0.2, 0.25) is 0 Å². The summed E-state index contributed by atoms with van der Waals surface area (Å²) in [6.07, 6.45) is 3.06. The first-order valence-electron chi connectivity index (χ1n) is 2.87. The highest BCUT2D eigenvalue weighted by Gasteiger charge is 1.75. The van der Waals surface area contributed by atoms with Crippen molar-refractivity contribution in [2.75, 3.05) is 13.1 Å². The summed E-state index contributed by atoms with van der Waals surface area (Å²) in [6.45, 7) is 4.09. The van der Waals surface area contributed by atoms with E-state index in [4.69, 9.17) is 11.6 Å². The molecule has 9 heavy (non-hydrogen) atoms. The van der Waals surface area contributed by atoms with Gasteiger partial charge in [-0.05, 0) is 13.0 Å². The molecule has 0 heterocycles. The van der Waals surface area contributed by atoms with E-state index >= 15 is 0 Å². The highest BCUT2D eigenvalue weighted by atomic mass is 35.5. The van der Waals surface area contributed by atoms with Crippen molar-refractivity contribution in [3.8, 4) is 0 Å². The molecule has 0 amide bonds. The Morgan fingerprint density at radius 1 is 1.56 bits per heavy atom. The maximum absolute atomic E-state index is 5.26. The highest BCUT2D eigenvalue weighted by molar-refractivity contribution is 6.25. The van der Waals surface area contributed by atoms with Gasteiger partial charge in [-0.3, -0.25) is 0 Å². The van der Waals surface area contributed by atoms with Gasteiger partial charge in [0.25, 0.3) is 0 Å². The van der Waals surface area contributed by atoms with Crippen LogP contribution in [-0.2, 0) is 0 Å². The van der Waals surface area contributed by atoms with E-state index < -0.39 is 0 Å². The van der Waals surface area contributed by atoms with Gasteiger partial charge in [-0.25, -0.2) is 0 Å². The van der Waals surface area contributed by atoms with Gasteiger partial charge in [0.1, 0.15) is 0 Å². The molecular weight excluding hydrogens is 157 g/mol. The van der Waals surface area contributed by atoms with Crippen LogP contribution in [0.1, 0.15) is 13.3 Å². The van der Waals surface area contributed by atoms with E-state index in [1.807, 2.05) is 6.08 Å². The summed E-state index contributed by atoms with van der Waals surface area (Å²) in [5, 5.41) is 3.16. The van der Waals surface area contributed by atoms with Gasteiger partial charge in [0, 0.05) is 12.1 Å². The van der Waals surface area contributed by atoms with Crippen LogP contribution < -0.4 is 5.32 Å². The molecule has 0 fully saturated rings. The molecular formula is C6H13Cl2N. The monoisotopic (exact) mass is 169 g/mol. The largest absolute Gasteiger partial charge is 0.313 e. The standard InChI is InChI=1S/C6H12ClN.ClH/c1-2-5-8-6-3-4-7;/h3-4,8H,2,5-6H2,1H3;1H/b4-3+;. The number of halogens is 2. The first-order chi connectivity index (χ1) is 3.91. The fourth-order valence-corrected chi connectivity index (χ4v) is 0.496. The van der Waals surface area contributed by atoms with Gasteiger partial charge < -0.3 is 5.32 Å². The number of rotatable bonds is 4. The molecule has 0 atom stereocenters. The van der Waals surface area contributed by atoms with Gasteiger partial charge in [-0.2, -0.15) is 0 Å². The Balaban J connectivity index is 0. The van der Waals surface area contributed by atoms with Crippen LogP contribution in [0.3, 0.4) is 0 Å². The fourth-order valence-electron chi connectivity index (χ4n) is 0.407. The predicted octanol–water partition coefficient (Wildman–Crippen LogP) is 2.16. The third kappa shape index (κ3) is 11.7. The van der Waals surface area contributed by atoms with Crippen molar-refractivity contribution < 1.29 is 0 Å². The normalized spacial score (nSPS) is 9.56. The molecule has 0 saturated heterocycles. The van der Waals surface area contributed by atoms with E-state index in [0.717, 1.165) is 13.1 Å². The van der Waals surface area contributed by atoms with Gasteiger partial charge in [0.15, 0.2) is 0 Å². The predicted molar refractivity (Wildman–Crippen MR) is 45.4 cm³/mol. The molecule has 0 aromatic rings.